The molecule has 4 aliphatic heterocycles. The van der Waals surface area contributed by atoms with Crippen molar-refractivity contribution in [2.45, 2.75) is 49.1 Å². The van der Waals surface area contributed by atoms with Crippen LogP contribution >= 0.6 is 23.4 Å². The Morgan fingerprint density at radius 1 is 1.08 bits per heavy atom. The van der Waals surface area contributed by atoms with Crippen molar-refractivity contribution in [3.63, 3.8) is 0 Å². The van der Waals surface area contributed by atoms with Crippen molar-refractivity contribution in [3.05, 3.63) is 53.1 Å². The number of rotatable bonds is 7. The standard InChI is InChI=1S/C28H34ClN3O4S/c1-3-13-30-14-7-11-20-21(25(30)34)22-26(35)32(15-4-5-17-33)24-27(36)31(16-8-12-28(22,24)37-20)23-18(2)9-6-10-19(23)29/h6-12,20-22,24,33H,3-5,13-17H2,1-2H3/t20-,21+,22-,24?,28-/m0/s1. The third-order valence-corrected chi connectivity index (χ3v) is 10.1. The Morgan fingerprint density at radius 3 is 2.62 bits per heavy atom. The number of nitrogens with zero attached hydrogens (tertiary/aromatic N) is 3. The fourth-order valence-corrected chi connectivity index (χ4v) is 8.79. The molecule has 198 valence electrons. The Labute approximate surface area is 227 Å². The molecule has 1 aromatic carbocycles. The van der Waals surface area contributed by atoms with E-state index in [2.05, 4.69) is 6.08 Å². The number of carbonyl (C=O) groups is 3. The van der Waals surface area contributed by atoms with E-state index in [1.54, 1.807) is 27.6 Å². The molecule has 1 N–H and O–H groups in total. The van der Waals surface area contributed by atoms with Crippen molar-refractivity contribution in [2.24, 2.45) is 11.8 Å². The number of thioether (sulfide) groups is 1. The zero-order chi connectivity index (χ0) is 26.3. The summed E-state index contributed by atoms with van der Waals surface area (Å²) < 4.78 is -0.845. The molecule has 2 saturated heterocycles. The summed E-state index contributed by atoms with van der Waals surface area (Å²) >= 11 is 8.18. The van der Waals surface area contributed by atoms with E-state index in [-0.39, 0.29) is 29.6 Å². The van der Waals surface area contributed by atoms with Crippen molar-refractivity contribution < 1.29 is 19.5 Å². The number of hydrogen-bond acceptors (Lipinski definition) is 5. The molecule has 1 spiro atoms. The highest BCUT2D eigenvalue weighted by Gasteiger charge is 2.71. The van der Waals surface area contributed by atoms with Gasteiger partial charge in [0.15, 0.2) is 0 Å². The molecule has 3 amide bonds. The highest BCUT2D eigenvalue weighted by Crippen LogP contribution is 2.61. The summed E-state index contributed by atoms with van der Waals surface area (Å²) in [7, 11) is 0. The van der Waals surface area contributed by atoms with E-state index in [1.165, 1.54) is 0 Å². The van der Waals surface area contributed by atoms with Crippen LogP contribution in [0.4, 0.5) is 5.69 Å². The Morgan fingerprint density at radius 2 is 1.89 bits per heavy atom. The monoisotopic (exact) mass is 543 g/mol. The lowest BCUT2D eigenvalue weighted by molar-refractivity contribution is -0.142. The molecule has 2 fully saturated rings. The first-order valence-electron chi connectivity index (χ1n) is 13.1. The highest BCUT2D eigenvalue weighted by atomic mass is 35.5. The van der Waals surface area contributed by atoms with E-state index in [0.29, 0.717) is 49.7 Å². The number of para-hydroxylation sites is 1. The van der Waals surface area contributed by atoms with Gasteiger partial charge in [-0.1, -0.05) is 55.0 Å². The molecule has 0 aliphatic carbocycles. The molecule has 0 saturated carbocycles. The maximum Gasteiger partial charge on any atom is 0.251 e. The molecule has 1 aromatic rings. The first-order valence-corrected chi connectivity index (χ1v) is 14.4. The smallest absolute Gasteiger partial charge is 0.251 e. The largest absolute Gasteiger partial charge is 0.396 e. The lowest BCUT2D eigenvalue weighted by Crippen LogP contribution is -2.53. The van der Waals surface area contributed by atoms with E-state index in [4.69, 9.17) is 11.6 Å². The number of anilines is 1. The maximum absolute atomic E-state index is 14.4. The summed E-state index contributed by atoms with van der Waals surface area (Å²) in [6.07, 6.45) is 10.1. The van der Waals surface area contributed by atoms with Gasteiger partial charge in [0.05, 0.1) is 27.3 Å². The molecule has 5 atom stereocenters. The third-order valence-electron chi connectivity index (χ3n) is 8.00. The number of carbonyl (C=O) groups excluding carboxylic acids is 3. The number of aliphatic hydroxyl groups excluding tert-OH is 1. The Hall–Kier alpha value is -2.29. The van der Waals surface area contributed by atoms with Crippen LogP contribution in [0.2, 0.25) is 5.02 Å². The van der Waals surface area contributed by atoms with Gasteiger partial charge in [-0.2, -0.15) is 0 Å². The molecule has 37 heavy (non-hydrogen) atoms. The number of hydrogen-bond donors (Lipinski definition) is 1. The topological polar surface area (TPSA) is 81.2 Å². The van der Waals surface area contributed by atoms with Crippen LogP contribution in [0.5, 0.6) is 0 Å². The number of aliphatic hydroxyl groups is 1. The number of unbranched alkanes of at least 4 members (excludes halogenated alkanes) is 1. The molecule has 9 heteroatoms. The minimum absolute atomic E-state index is 0.000525. The van der Waals surface area contributed by atoms with Gasteiger partial charge in [-0.3, -0.25) is 14.4 Å². The molecule has 0 radical (unpaired) electrons. The second-order valence-electron chi connectivity index (χ2n) is 10.3. The van der Waals surface area contributed by atoms with Gasteiger partial charge in [0.1, 0.15) is 6.04 Å². The van der Waals surface area contributed by atoms with E-state index in [9.17, 15) is 19.5 Å². The van der Waals surface area contributed by atoms with Crippen molar-refractivity contribution in [3.8, 4) is 0 Å². The zero-order valence-corrected chi connectivity index (χ0v) is 22.9. The van der Waals surface area contributed by atoms with E-state index in [1.807, 2.05) is 49.1 Å². The minimum Gasteiger partial charge on any atom is -0.396 e. The van der Waals surface area contributed by atoms with Crippen LogP contribution in [0.3, 0.4) is 0 Å². The van der Waals surface area contributed by atoms with Gasteiger partial charge >= 0.3 is 0 Å². The summed E-state index contributed by atoms with van der Waals surface area (Å²) in [5.41, 5.74) is 1.54. The van der Waals surface area contributed by atoms with Crippen molar-refractivity contribution in [1.29, 1.82) is 0 Å². The van der Waals surface area contributed by atoms with Crippen LogP contribution in [0.15, 0.2) is 42.5 Å². The zero-order valence-electron chi connectivity index (χ0n) is 21.3. The van der Waals surface area contributed by atoms with Crippen LogP contribution in [0.1, 0.15) is 31.7 Å². The molecule has 4 aliphatic rings. The lowest BCUT2D eigenvalue weighted by Gasteiger charge is -2.35. The van der Waals surface area contributed by atoms with E-state index >= 15 is 0 Å². The molecule has 1 unspecified atom stereocenters. The number of fused-ring (bicyclic) bond motifs is 2. The van der Waals surface area contributed by atoms with Gasteiger partial charge in [0.2, 0.25) is 11.8 Å². The normalized spacial score (nSPS) is 30.9. The average Bonchev–Trinajstić information content (AvgIpc) is 3.18. The quantitative estimate of drug-likeness (QED) is 0.421. The summed E-state index contributed by atoms with van der Waals surface area (Å²) in [6, 6.07) is 4.81. The minimum atomic E-state index is -0.845. The first-order chi connectivity index (χ1) is 17.9. The second kappa shape index (κ2) is 10.5. The van der Waals surface area contributed by atoms with Crippen molar-refractivity contribution >= 4 is 46.8 Å². The van der Waals surface area contributed by atoms with Crippen LogP contribution in [0, 0.1) is 18.8 Å². The summed E-state index contributed by atoms with van der Waals surface area (Å²) in [6.45, 7) is 5.88. The molecular formula is C28H34ClN3O4S. The Kier molecular flexibility index (Phi) is 7.44. The molecule has 0 bridgehead atoms. The van der Waals surface area contributed by atoms with E-state index < -0.39 is 22.6 Å². The average molecular weight is 544 g/mol. The lowest BCUT2D eigenvalue weighted by atomic mass is 9.78. The van der Waals surface area contributed by atoms with Crippen molar-refractivity contribution in [2.75, 3.05) is 37.7 Å². The van der Waals surface area contributed by atoms with Gasteiger partial charge in [0.25, 0.3) is 5.91 Å². The maximum atomic E-state index is 14.4. The van der Waals surface area contributed by atoms with Gasteiger partial charge in [0, 0.05) is 38.0 Å². The summed E-state index contributed by atoms with van der Waals surface area (Å²) in [5.74, 6) is -1.45. The van der Waals surface area contributed by atoms with Gasteiger partial charge in [-0.15, -0.1) is 11.8 Å². The molecule has 5 rings (SSSR count). The van der Waals surface area contributed by atoms with Gasteiger partial charge in [-0.05, 0) is 37.8 Å². The summed E-state index contributed by atoms with van der Waals surface area (Å²) in [5, 5.41) is 9.70. The molecule has 0 aromatic heterocycles. The van der Waals surface area contributed by atoms with Crippen LogP contribution in [0.25, 0.3) is 0 Å². The number of likely N-dealkylation sites (tertiary alicyclic amines) is 1. The fourth-order valence-electron chi connectivity index (χ4n) is 6.46. The van der Waals surface area contributed by atoms with E-state index in [0.717, 1.165) is 12.0 Å². The Bertz CT molecular complexity index is 1140. The highest BCUT2D eigenvalue weighted by molar-refractivity contribution is 8.02. The predicted molar refractivity (Wildman–Crippen MR) is 147 cm³/mol. The van der Waals surface area contributed by atoms with Crippen LogP contribution in [-0.4, -0.2) is 81.5 Å². The van der Waals surface area contributed by atoms with Crippen molar-refractivity contribution in [1.82, 2.24) is 9.80 Å². The SMILES string of the molecule is CCCN1CC=C[C@@H]2S[C@]34C=CCN(c5c(C)cccc5Cl)C(=O)C3N(CCCCO)C(=O)[C@@H]4[C@@H]2C1=O. The Balaban J connectivity index is 1.60. The number of aryl methyl sites for hydroxylation is 1. The fraction of sp³-hybridized carbons (Fsp3) is 0.536. The second-order valence-corrected chi connectivity index (χ2v) is 12.2. The third kappa shape index (κ3) is 4.21. The summed E-state index contributed by atoms with van der Waals surface area (Å²) in [4.78, 5) is 47.7. The first kappa shape index (κ1) is 26.3. The van der Waals surface area contributed by atoms with Crippen LogP contribution in [-0.2, 0) is 14.4 Å². The number of amides is 3. The molecule has 4 heterocycles. The molecular weight excluding hydrogens is 510 g/mol. The van der Waals surface area contributed by atoms with Gasteiger partial charge in [-0.25, -0.2) is 0 Å². The predicted octanol–water partition coefficient (Wildman–Crippen LogP) is 3.43. The number of benzene rings is 1. The van der Waals surface area contributed by atoms with Crippen LogP contribution < -0.4 is 4.90 Å². The van der Waals surface area contributed by atoms with Gasteiger partial charge < -0.3 is 19.8 Å². The number of halogens is 1. The molecule has 7 nitrogen and oxygen atoms in total.